The molecule has 0 saturated heterocycles. The van der Waals surface area contributed by atoms with E-state index in [-0.39, 0.29) is 17.6 Å². The zero-order valence-corrected chi connectivity index (χ0v) is 16.6. The molecule has 2 amide bonds. The van der Waals surface area contributed by atoms with Crippen molar-refractivity contribution in [2.24, 2.45) is 0 Å². The topological polar surface area (TPSA) is 67.9 Å². The van der Waals surface area contributed by atoms with Crippen molar-refractivity contribution in [2.45, 2.75) is 12.0 Å². The van der Waals surface area contributed by atoms with Gasteiger partial charge in [0.05, 0.1) is 25.2 Å². The lowest BCUT2D eigenvalue weighted by Crippen LogP contribution is -2.48. The van der Waals surface area contributed by atoms with Crippen molar-refractivity contribution < 1.29 is 23.5 Å². The minimum Gasteiger partial charge on any atom is -0.383 e. The second-order valence-corrected chi connectivity index (χ2v) is 6.84. The van der Waals surface area contributed by atoms with Gasteiger partial charge in [0.25, 0.3) is 5.91 Å². The number of rotatable bonds is 8. The van der Waals surface area contributed by atoms with Crippen LogP contribution in [0.15, 0.2) is 48.5 Å². The molecule has 0 aromatic heterocycles. The molecule has 1 aliphatic heterocycles. The van der Waals surface area contributed by atoms with Crippen molar-refractivity contribution in [3.63, 3.8) is 0 Å². The Hall–Kier alpha value is -2.77. The van der Waals surface area contributed by atoms with E-state index in [0.29, 0.717) is 43.0 Å². The molecule has 0 saturated carbocycles. The molecule has 0 spiro atoms. The molecule has 0 aliphatic carbocycles. The average Bonchev–Trinajstić information content (AvgIpc) is 2.73. The fourth-order valence-electron chi connectivity index (χ4n) is 3.73. The third kappa shape index (κ3) is 4.46. The predicted octanol–water partition coefficient (Wildman–Crippen LogP) is 2.52. The number of hydrogen-bond donors (Lipinski definition) is 1. The molecule has 154 valence electrons. The van der Waals surface area contributed by atoms with Gasteiger partial charge in [-0.1, -0.05) is 30.3 Å². The van der Waals surface area contributed by atoms with Crippen LogP contribution in [0.5, 0.6) is 0 Å². The summed E-state index contributed by atoms with van der Waals surface area (Å²) in [4.78, 5) is 28.1. The summed E-state index contributed by atoms with van der Waals surface area (Å²) < 4.78 is 23.8. The molecule has 1 heterocycles. The Morgan fingerprint density at radius 1 is 1.07 bits per heavy atom. The van der Waals surface area contributed by atoms with E-state index in [1.807, 2.05) is 6.07 Å². The largest absolute Gasteiger partial charge is 0.383 e. The Morgan fingerprint density at radius 3 is 2.45 bits per heavy atom. The lowest BCUT2D eigenvalue weighted by atomic mass is 9.79. The Balaban J connectivity index is 2.09. The maximum absolute atomic E-state index is 13.5. The van der Waals surface area contributed by atoms with E-state index in [0.717, 1.165) is 0 Å². The molecule has 0 bridgehead atoms. The highest BCUT2D eigenvalue weighted by atomic mass is 19.1. The van der Waals surface area contributed by atoms with Crippen molar-refractivity contribution in [2.75, 3.05) is 40.5 Å². The van der Waals surface area contributed by atoms with Crippen molar-refractivity contribution in [1.29, 1.82) is 0 Å². The average molecular weight is 400 g/mol. The monoisotopic (exact) mass is 400 g/mol. The van der Waals surface area contributed by atoms with E-state index in [4.69, 9.17) is 9.47 Å². The van der Waals surface area contributed by atoms with E-state index >= 15 is 0 Å². The molecule has 0 unspecified atom stereocenters. The van der Waals surface area contributed by atoms with Crippen LogP contribution in [0.1, 0.15) is 33.4 Å². The smallest absolute Gasteiger partial charge is 0.254 e. The number of nitrogens with one attached hydrogen (secondary N) is 1. The first-order valence-electron chi connectivity index (χ1n) is 9.49. The van der Waals surface area contributed by atoms with Crippen molar-refractivity contribution >= 4 is 11.8 Å². The number of methoxy groups -OCH3 is 2. The number of fused-ring (bicyclic) bond motifs is 1. The number of halogens is 1. The number of ether oxygens (including phenoxy) is 2. The number of carbonyl (C=O) groups excluding carboxylic acids is 2. The van der Waals surface area contributed by atoms with Crippen LogP contribution in [0.3, 0.4) is 0 Å². The van der Waals surface area contributed by atoms with Crippen LogP contribution in [0.2, 0.25) is 0 Å². The zero-order chi connectivity index (χ0) is 20.8. The third-order valence-corrected chi connectivity index (χ3v) is 5.07. The maximum Gasteiger partial charge on any atom is 0.254 e. The molecule has 2 aromatic carbocycles. The van der Waals surface area contributed by atoms with Crippen LogP contribution in [-0.4, -0.2) is 57.2 Å². The Kier molecular flexibility index (Phi) is 6.95. The number of nitrogens with zero attached hydrogens (tertiary/aromatic N) is 1. The van der Waals surface area contributed by atoms with Crippen LogP contribution in [0.25, 0.3) is 0 Å². The van der Waals surface area contributed by atoms with E-state index in [2.05, 4.69) is 5.32 Å². The summed E-state index contributed by atoms with van der Waals surface area (Å²) in [5.41, 5.74) is 1.85. The van der Waals surface area contributed by atoms with Crippen LogP contribution < -0.4 is 5.32 Å². The SMILES string of the molecule is COCCNC(=O)[C@H]1c2ccccc2C(=O)N(CCOC)[C@@H]1c1ccc(F)cc1. The van der Waals surface area contributed by atoms with Gasteiger partial charge in [-0.2, -0.15) is 0 Å². The highest BCUT2D eigenvalue weighted by molar-refractivity contribution is 6.01. The maximum atomic E-state index is 13.5. The molecule has 3 rings (SSSR count). The minimum absolute atomic E-state index is 0.173. The van der Waals surface area contributed by atoms with Gasteiger partial charge in [0.2, 0.25) is 5.91 Å². The number of hydrogen-bond acceptors (Lipinski definition) is 4. The summed E-state index contributed by atoms with van der Waals surface area (Å²) in [6.07, 6.45) is 0. The summed E-state index contributed by atoms with van der Waals surface area (Å²) in [5, 5.41) is 2.89. The summed E-state index contributed by atoms with van der Waals surface area (Å²) in [6, 6.07) is 12.5. The number of benzene rings is 2. The molecule has 1 N–H and O–H groups in total. The zero-order valence-electron chi connectivity index (χ0n) is 16.6. The summed E-state index contributed by atoms with van der Waals surface area (Å²) >= 11 is 0. The van der Waals surface area contributed by atoms with Crippen LogP contribution in [0, 0.1) is 5.82 Å². The Bertz CT molecular complexity index is 856. The molecular formula is C22H25FN2O4. The van der Waals surface area contributed by atoms with Crippen LogP contribution in [-0.2, 0) is 14.3 Å². The van der Waals surface area contributed by atoms with Gasteiger partial charge in [0, 0.05) is 32.9 Å². The van der Waals surface area contributed by atoms with Gasteiger partial charge < -0.3 is 19.7 Å². The molecule has 2 atom stereocenters. The lowest BCUT2D eigenvalue weighted by molar-refractivity contribution is -0.124. The summed E-state index contributed by atoms with van der Waals surface area (Å²) in [6.45, 7) is 1.38. The van der Waals surface area contributed by atoms with E-state index < -0.39 is 12.0 Å². The van der Waals surface area contributed by atoms with Crippen LogP contribution >= 0.6 is 0 Å². The fourth-order valence-corrected chi connectivity index (χ4v) is 3.73. The second kappa shape index (κ2) is 9.62. The van der Waals surface area contributed by atoms with Gasteiger partial charge in [0.15, 0.2) is 0 Å². The van der Waals surface area contributed by atoms with E-state index in [1.54, 1.807) is 49.5 Å². The molecule has 29 heavy (non-hydrogen) atoms. The quantitative estimate of drug-likeness (QED) is 0.692. The third-order valence-electron chi connectivity index (χ3n) is 5.07. The van der Waals surface area contributed by atoms with Crippen molar-refractivity contribution in [3.05, 3.63) is 71.0 Å². The van der Waals surface area contributed by atoms with E-state index in [9.17, 15) is 14.0 Å². The molecular weight excluding hydrogens is 375 g/mol. The van der Waals surface area contributed by atoms with Crippen LogP contribution in [0.4, 0.5) is 4.39 Å². The Labute approximate surface area is 169 Å². The number of carbonyl (C=O) groups is 2. The highest BCUT2D eigenvalue weighted by Crippen LogP contribution is 2.42. The fraction of sp³-hybridized carbons (Fsp3) is 0.364. The van der Waals surface area contributed by atoms with Gasteiger partial charge in [-0.05, 0) is 29.3 Å². The molecule has 1 aliphatic rings. The second-order valence-electron chi connectivity index (χ2n) is 6.84. The molecule has 6 nitrogen and oxygen atoms in total. The number of amides is 2. The predicted molar refractivity (Wildman–Crippen MR) is 106 cm³/mol. The molecule has 2 aromatic rings. The molecule has 7 heteroatoms. The highest BCUT2D eigenvalue weighted by Gasteiger charge is 2.43. The normalized spacial score (nSPS) is 18.4. The first-order chi connectivity index (χ1) is 14.1. The van der Waals surface area contributed by atoms with Crippen molar-refractivity contribution in [1.82, 2.24) is 10.2 Å². The first-order valence-corrected chi connectivity index (χ1v) is 9.49. The minimum atomic E-state index is -0.636. The van der Waals surface area contributed by atoms with Gasteiger partial charge in [-0.25, -0.2) is 4.39 Å². The molecule has 0 fully saturated rings. The van der Waals surface area contributed by atoms with E-state index in [1.165, 1.54) is 12.1 Å². The summed E-state index contributed by atoms with van der Waals surface area (Å²) in [7, 11) is 3.12. The molecule has 0 radical (unpaired) electrons. The Morgan fingerprint density at radius 2 is 1.76 bits per heavy atom. The standard InChI is InChI=1S/C22H25FN2O4/c1-28-13-11-24-21(26)19-17-5-3-4-6-18(17)22(27)25(12-14-29-2)20(19)15-7-9-16(23)10-8-15/h3-10,19-20H,11-14H2,1-2H3,(H,24,26)/t19-,20+/m0/s1. The summed E-state index contributed by atoms with van der Waals surface area (Å²) in [5.74, 6) is -1.39. The first kappa shape index (κ1) is 21.0. The van der Waals surface area contributed by atoms with Gasteiger partial charge in [-0.3, -0.25) is 9.59 Å². The van der Waals surface area contributed by atoms with Gasteiger partial charge in [0.1, 0.15) is 5.82 Å². The van der Waals surface area contributed by atoms with Gasteiger partial charge >= 0.3 is 0 Å². The lowest BCUT2D eigenvalue weighted by Gasteiger charge is -2.41. The van der Waals surface area contributed by atoms with Crippen molar-refractivity contribution in [3.8, 4) is 0 Å². The van der Waals surface area contributed by atoms with Gasteiger partial charge in [-0.15, -0.1) is 0 Å².